The van der Waals surface area contributed by atoms with Gasteiger partial charge in [0.1, 0.15) is 5.82 Å². The highest BCUT2D eigenvalue weighted by molar-refractivity contribution is 5.79. The van der Waals surface area contributed by atoms with Gasteiger partial charge >= 0.3 is 0 Å². The summed E-state index contributed by atoms with van der Waals surface area (Å²) in [6, 6.07) is 31.3. The molecule has 0 radical (unpaired) electrons. The Morgan fingerprint density at radius 1 is 0.741 bits per heavy atom. The lowest BCUT2D eigenvalue weighted by molar-refractivity contribution is 0.766. The molecular formula is C24H23N3. The van der Waals surface area contributed by atoms with Crippen molar-refractivity contribution in [1.29, 1.82) is 0 Å². The number of nitrogens with zero attached hydrogens (tertiary/aromatic N) is 3. The van der Waals surface area contributed by atoms with E-state index in [0.29, 0.717) is 0 Å². The first-order valence-corrected chi connectivity index (χ1v) is 9.16. The monoisotopic (exact) mass is 353 g/mol. The molecule has 0 aliphatic rings. The average Bonchev–Trinajstić information content (AvgIpc) is 3.06. The highest BCUT2D eigenvalue weighted by atomic mass is 15.2. The summed E-state index contributed by atoms with van der Waals surface area (Å²) in [7, 11) is 4.21. The minimum atomic E-state index is 0.743. The van der Waals surface area contributed by atoms with Gasteiger partial charge in [-0.1, -0.05) is 78.9 Å². The molecule has 1 heterocycles. The van der Waals surface area contributed by atoms with Crippen molar-refractivity contribution >= 4 is 5.69 Å². The second-order valence-electron chi connectivity index (χ2n) is 6.71. The number of aromatic nitrogens is 2. The van der Waals surface area contributed by atoms with Gasteiger partial charge in [-0.3, -0.25) is 0 Å². The van der Waals surface area contributed by atoms with Crippen LogP contribution in [0.25, 0.3) is 22.5 Å². The van der Waals surface area contributed by atoms with E-state index < -0.39 is 0 Å². The van der Waals surface area contributed by atoms with Crippen LogP contribution in [-0.4, -0.2) is 16.6 Å². The van der Waals surface area contributed by atoms with Gasteiger partial charge in [-0.15, -0.1) is 0 Å². The topological polar surface area (TPSA) is 21.1 Å². The molecule has 0 aliphatic carbocycles. The molecule has 3 aromatic carbocycles. The zero-order chi connectivity index (χ0) is 18.6. The van der Waals surface area contributed by atoms with E-state index in [-0.39, 0.29) is 0 Å². The van der Waals surface area contributed by atoms with Crippen molar-refractivity contribution in [3.8, 4) is 22.5 Å². The summed E-state index contributed by atoms with van der Waals surface area (Å²) in [5, 5.41) is 0. The van der Waals surface area contributed by atoms with Gasteiger partial charge in [0.05, 0.1) is 17.9 Å². The van der Waals surface area contributed by atoms with E-state index in [1.54, 1.807) is 0 Å². The van der Waals surface area contributed by atoms with Crippen molar-refractivity contribution in [2.45, 2.75) is 6.54 Å². The quantitative estimate of drug-likeness (QED) is 0.479. The van der Waals surface area contributed by atoms with Gasteiger partial charge in [-0.05, 0) is 12.1 Å². The van der Waals surface area contributed by atoms with Crippen LogP contribution in [0.5, 0.6) is 0 Å². The Balaban J connectivity index is 1.79. The van der Waals surface area contributed by atoms with Crippen molar-refractivity contribution in [3.63, 3.8) is 0 Å². The predicted molar refractivity (Wildman–Crippen MR) is 113 cm³/mol. The number of rotatable bonds is 5. The fourth-order valence-electron chi connectivity index (χ4n) is 3.40. The molecule has 4 rings (SSSR count). The van der Waals surface area contributed by atoms with Crippen LogP contribution in [0.3, 0.4) is 0 Å². The first-order chi connectivity index (χ1) is 13.2. The number of hydrogen-bond donors (Lipinski definition) is 0. The molecular weight excluding hydrogens is 330 g/mol. The molecule has 3 nitrogen and oxygen atoms in total. The van der Waals surface area contributed by atoms with Gasteiger partial charge < -0.3 is 9.47 Å². The van der Waals surface area contributed by atoms with Gasteiger partial charge in [0, 0.05) is 30.9 Å². The lowest BCUT2D eigenvalue weighted by Crippen LogP contribution is -2.19. The summed E-state index contributed by atoms with van der Waals surface area (Å²) in [5.41, 5.74) is 5.68. The SMILES string of the molecule is CN(Cc1nc(-c2ccccc2)c(-c2ccccc2)n1C)c1ccccc1. The molecule has 0 saturated carbocycles. The largest absolute Gasteiger partial charge is 0.367 e. The average molecular weight is 353 g/mol. The van der Waals surface area contributed by atoms with Gasteiger partial charge in [0.2, 0.25) is 0 Å². The molecule has 0 atom stereocenters. The van der Waals surface area contributed by atoms with Crippen LogP contribution in [0.4, 0.5) is 5.69 Å². The maximum absolute atomic E-state index is 5.04. The molecule has 4 aromatic rings. The Morgan fingerprint density at radius 3 is 1.85 bits per heavy atom. The van der Waals surface area contributed by atoms with Crippen molar-refractivity contribution in [3.05, 3.63) is 96.8 Å². The van der Waals surface area contributed by atoms with Crippen molar-refractivity contribution in [2.75, 3.05) is 11.9 Å². The second-order valence-corrected chi connectivity index (χ2v) is 6.71. The first-order valence-electron chi connectivity index (χ1n) is 9.16. The van der Waals surface area contributed by atoms with Crippen molar-refractivity contribution < 1.29 is 0 Å². The highest BCUT2D eigenvalue weighted by Crippen LogP contribution is 2.32. The molecule has 1 aromatic heterocycles. The number of imidazole rings is 1. The summed E-state index contributed by atoms with van der Waals surface area (Å²) >= 11 is 0. The maximum atomic E-state index is 5.04. The normalized spacial score (nSPS) is 10.7. The minimum Gasteiger partial charge on any atom is -0.367 e. The van der Waals surface area contributed by atoms with E-state index in [9.17, 15) is 0 Å². The summed E-state index contributed by atoms with van der Waals surface area (Å²) in [5.74, 6) is 1.04. The highest BCUT2D eigenvalue weighted by Gasteiger charge is 2.18. The van der Waals surface area contributed by atoms with E-state index >= 15 is 0 Å². The standard InChI is InChI=1S/C24H23N3/c1-26(21-16-10-5-11-17-21)18-22-25-23(19-12-6-3-7-13-19)24(27(22)2)20-14-8-4-9-15-20/h3-17H,18H2,1-2H3. The van der Waals surface area contributed by atoms with Gasteiger partial charge in [-0.2, -0.15) is 0 Å². The lowest BCUT2D eigenvalue weighted by atomic mass is 10.1. The van der Waals surface area contributed by atoms with Gasteiger partial charge in [0.25, 0.3) is 0 Å². The van der Waals surface area contributed by atoms with Crippen molar-refractivity contribution in [2.24, 2.45) is 7.05 Å². The second kappa shape index (κ2) is 7.50. The molecule has 0 bridgehead atoms. The van der Waals surface area contributed by atoms with Gasteiger partial charge in [0.15, 0.2) is 0 Å². The van der Waals surface area contributed by atoms with E-state index in [0.717, 1.165) is 29.3 Å². The molecule has 134 valence electrons. The Kier molecular flexibility index (Phi) is 4.75. The van der Waals surface area contributed by atoms with E-state index in [4.69, 9.17) is 4.98 Å². The summed E-state index contributed by atoms with van der Waals surface area (Å²) < 4.78 is 2.22. The number of para-hydroxylation sites is 1. The third-order valence-corrected chi connectivity index (χ3v) is 4.86. The van der Waals surface area contributed by atoms with E-state index in [1.165, 1.54) is 11.3 Å². The third-order valence-electron chi connectivity index (χ3n) is 4.86. The van der Waals surface area contributed by atoms with Crippen LogP contribution in [0.2, 0.25) is 0 Å². The summed E-state index contributed by atoms with van der Waals surface area (Å²) in [6.45, 7) is 0.743. The zero-order valence-corrected chi connectivity index (χ0v) is 15.7. The summed E-state index contributed by atoms with van der Waals surface area (Å²) in [4.78, 5) is 7.27. The first kappa shape index (κ1) is 17.1. The molecule has 0 unspecified atom stereocenters. The fourth-order valence-corrected chi connectivity index (χ4v) is 3.40. The lowest BCUT2D eigenvalue weighted by Gasteiger charge is -2.19. The Morgan fingerprint density at radius 2 is 1.26 bits per heavy atom. The molecule has 0 amide bonds. The molecule has 0 aliphatic heterocycles. The number of anilines is 1. The smallest absolute Gasteiger partial charge is 0.129 e. The predicted octanol–water partition coefficient (Wildman–Crippen LogP) is 5.39. The van der Waals surface area contributed by atoms with E-state index in [2.05, 4.69) is 96.4 Å². The van der Waals surface area contributed by atoms with Crippen LogP contribution in [0, 0.1) is 0 Å². The van der Waals surface area contributed by atoms with Crippen LogP contribution < -0.4 is 4.90 Å². The molecule has 0 fully saturated rings. The molecule has 0 N–H and O–H groups in total. The third kappa shape index (κ3) is 3.49. The summed E-state index contributed by atoms with van der Waals surface area (Å²) in [6.07, 6.45) is 0. The van der Waals surface area contributed by atoms with Crippen LogP contribution in [0.15, 0.2) is 91.0 Å². The molecule has 0 spiro atoms. The number of benzene rings is 3. The minimum absolute atomic E-state index is 0.743. The molecule has 0 saturated heterocycles. The van der Waals surface area contributed by atoms with Crippen molar-refractivity contribution in [1.82, 2.24) is 9.55 Å². The maximum Gasteiger partial charge on any atom is 0.129 e. The zero-order valence-electron chi connectivity index (χ0n) is 15.7. The van der Waals surface area contributed by atoms with Gasteiger partial charge in [-0.25, -0.2) is 4.98 Å². The van der Waals surface area contributed by atoms with Crippen LogP contribution in [-0.2, 0) is 13.6 Å². The Bertz CT molecular complexity index is 1010. The van der Waals surface area contributed by atoms with Crippen LogP contribution >= 0.6 is 0 Å². The molecule has 27 heavy (non-hydrogen) atoms. The Hall–Kier alpha value is -3.33. The molecule has 3 heteroatoms. The van der Waals surface area contributed by atoms with E-state index in [1.807, 2.05) is 18.2 Å². The fraction of sp³-hybridized carbons (Fsp3) is 0.125. The number of hydrogen-bond acceptors (Lipinski definition) is 2. The Labute approximate surface area is 160 Å². The van der Waals surface area contributed by atoms with Crippen LogP contribution in [0.1, 0.15) is 5.82 Å².